The van der Waals surface area contributed by atoms with Crippen molar-refractivity contribution in [1.29, 1.82) is 0 Å². The summed E-state index contributed by atoms with van der Waals surface area (Å²) in [5, 5.41) is 1.52. The third-order valence-electron chi connectivity index (χ3n) is 4.07. The van der Waals surface area contributed by atoms with Crippen LogP contribution in [0.2, 0.25) is 0 Å². The van der Waals surface area contributed by atoms with Crippen molar-refractivity contribution in [3.8, 4) is 5.75 Å². The van der Waals surface area contributed by atoms with Gasteiger partial charge in [0, 0.05) is 10.9 Å². The molecule has 1 aliphatic heterocycles. The highest BCUT2D eigenvalue weighted by atomic mass is 16.5. The second-order valence-electron chi connectivity index (χ2n) is 5.36. The summed E-state index contributed by atoms with van der Waals surface area (Å²) >= 11 is 0. The summed E-state index contributed by atoms with van der Waals surface area (Å²) in [4.78, 5) is 27.0. The number of imide groups is 1. The van der Waals surface area contributed by atoms with Crippen molar-refractivity contribution in [3.63, 3.8) is 0 Å². The van der Waals surface area contributed by atoms with Crippen LogP contribution < -0.4 is 9.64 Å². The van der Waals surface area contributed by atoms with Gasteiger partial charge in [0.1, 0.15) is 5.75 Å². The molecule has 0 atom stereocenters. The first-order chi connectivity index (χ1) is 11.2. The van der Waals surface area contributed by atoms with Gasteiger partial charge in [-0.3, -0.25) is 9.59 Å². The largest absolute Gasteiger partial charge is 0.497 e. The zero-order chi connectivity index (χ0) is 16.0. The van der Waals surface area contributed by atoms with Crippen LogP contribution >= 0.6 is 0 Å². The van der Waals surface area contributed by atoms with Crippen molar-refractivity contribution in [2.24, 2.45) is 0 Å². The Kier molecular flexibility index (Phi) is 2.91. The smallest absolute Gasteiger partial charge is 0.266 e. The number of hydrogen-bond acceptors (Lipinski definition) is 3. The number of carbonyl (C=O) groups excluding carboxylic acids is 2. The molecule has 4 nitrogen and oxygen atoms in total. The first-order valence-electron chi connectivity index (χ1n) is 7.25. The molecule has 0 saturated heterocycles. The van der Waals surface area contributed by atoms with E-state index in [1.54, 1.807) is 43.5 Å². The van der Waals surface area contributed by atoms with E-state index in [1.807, 2.05) is 24.3 Å². The Hall–Kier alpha value is -3.14. The van der Waals surface area contributed by atoms with Gasteiger partial charge in [-0.25, -0.2) is 4.90 Å². The molecule has 0 saturated carbocycles. The van der Waals surface area contributed by atoms with E-state index < -0.39 is 0 Å². The van der Waals surface area contributed by atoms with Crippen molar-refractivity contribution in [3.05, 3.63) is 71.8 Å². The molecule has 3 aromatic rings. The maximum atomic E-state index is 12.9. The highest BCUT2D eigenvalue weighted by molar-refractivity contribution is 6.35. The maximum Gasteiger partial charge on any atom is 0.266 e. The fourth-order valence-electron chi connectivity index (χ4n) is 3.01. The van der Waals surface area contributed by atoms with Crippen molar-refractivity contribution >= 4 is 28.3 Å². The zero-order valence-electron chi connectivity index (χ0n) is 12.4. The molecule has 23 heavy (non-hydrogen) atoms. The minimum absolute atomic E-state index is 0.301. The summed E-state index contributed by atoms with van der Waals surface area (Å²) < 4.78 is 5.29. The topological polar surface area (TPSA) is 46.6 Å². The van der Waals surface area contributed by atoms with Gasteiger partial charge in [-0.2, -0.15) is 0 Å². The first-order valence-corrected chi connectivity index (χ1v) is 7.25. The molecule has 0 spiro atoms. The van der Waals surface area contributed by atoms with Crippen LogP contribution in [0.1, 0.15) is 20.7 Å². The number of carbonyl (C=O) groups is 2. The molecule has 0 radical (unpaired) electrons. The summed E-state index contributed by atoms with van der Waals surface area (Å²) in [6.45, 7) is 0. The van der Waals surface area contributed by atoms with Gasteiger partial charge in [0.05, 0.1) is 18.4 Å². The van der Waals surface area contributed by atoms with Gasteiger partial charge in [0.25, 0.3) is 11.8 Å². The number of rotatable bonds is 2. The standard InChI is InChI=1S/C19H13NO3/c1-23-14-10-12-6-5-9-15-17(12)16(11-14)19(22)20(18(15)21)13-7-3-2-4-8-13/h2-11H,1H3. The van der Waals surface area contributed by atoms with Crippen LogP contribution in [0.15, 0.2) is 60.7 Å². The predicted octanol–water partition coefficient (Wildman–Crippen LogP) is 3.65. The third kappa shape index (κ3) is 1.92. The Labute approximate surface area is 132 Å². The SMILES string of the molecule is COc1cc2c3c(cccc3c1)C(=O)N(c1ccccc1)C2=O. The van der Waals surface area contributed by atoms with E-state index in [0.29, 0.717) is 28.0 Å². The number of benzene rings is 3. The van der Waals surface area contributed by atoms with Crippen molar-refractivity contribution in [2.75, 3.05) is 12.0 Å². The lowest BCUT2D eigenvalue weighted by atomic mass is 9.93. The molecule has 0 bridgehead atoms. The number of amides is 2. The third-order valence-corrected chi connectivity index (χ3v) is 4.07. The Bertz CT molecular complexity index is 947. The molecule has 0 N–H and O–H groups in total. The minimum atomic E-state index is -0.330. The normalized spacial score (nSPS) is 13.5. The lowest BCUT2D eigenvalue weighted by Crippen LogP contribution is -2.40. The number of anilines is 1. The molecule has 4 rings (SSSR count). The van der Waals surface area contributed by atoms with Crippen LogP contribution in [-0.4, -0.2) is 18.9 Å². The van der Waals surface area contributed by atoms with Gasteiger partial charge in [-0.15, -0.1) is 0 Å². The molecule has 1 aliphatic rings. The number of para-hydroxylation sites is 1. The van der Waals surface area contributed by atoms with Crippen molar-refractivity contribution in [1.82, 2.24) is 0 Å². The van der Waals surface area contributed by atoms with E-state index in [9.17, 15) is 9.59 Å². The van der Waals surface area contributed by atoms with Gasteiger partial charge in [0.2, 0.25) is 0 Å². The minimum Gasteiger partial charge on any atom is -0.497 e. The summed E-state index contributed by atoms with van der Waals surface area (Å²) in [5.41, 5.74) is 1.58. The molecular formula is C19H13NO3. The number of methoxy groups -OCH3 is 1. The second-order valence-corrected chi connectivity index (χ2v) is 5.36. The molecule has 4 heteroatoms. The lowest BCUT2D eigenvalue weighted by molar-refractivity contribution is 0.0893. The average molecular weight is 303 g/mol. The molecule has 1 heterocycles. The molecule has 0 aliphatic carbocycles. The van der Waals surface area contributed by atoms with Crippen molar-refractivity contribution < 1.29 is 14.3 Å². The van der Waals surface area contributed by atoms with E-state index in [-0.39, 0.29) is 11.8 Å². The van der Waals surface area contributed by atoms with E-state index in [2.05, 4.69) is 0 Å². The number of nitrogens with zero attached hydrogens (tertiary/aromatic N) is 1. The fourth-order valence-corrected chi connectivity index (χ4v) is 3.01. The predicted molar refractivity (Wildman–Crippen MR) is 88.1 cm³/mol. The fraction of sp³-hybridized carbons (Fsp3) is 0.0526. The van der Waals surface area contributed by atoms with Crippen LogP contribution in [0.25, 0.3) is 10.8 Å². The maximum absolute atomic E-state index is 12.9. The molecule has 0 aromatic heterocycles. The monoisotopic (exact) mass is 303 g/mol. The van der Waals surface area contributed by atoms with E-state index in [1.165, 1.54) is 4.90 Å². The van der Waals surface area contributed by atoms with Gasteiger partial charge in [-0.05, 0) is 35.7 Å². The Morgan fingerprint density at radius 2 is 1.57 bits per heavy atom. The molecule has 3 aromatic carbocycles. The summed E-state index contributed by atoms with van der Waals surface area (Å²) in [5.74, 6) is -0.0337. The molecule has 2 amide bonds. The van der Waals surface area contributed by atoms with Gasteiger partial charge in [-0.1, -0.05) is 30.3 Å². The number of hydrogen-bond donors (Lipinski definition) is 0. The van der Waals surface area contributed by atoms with Crippen LogP contribution in [0.3, 0.4) is 0 Å². The van der Waals surface area contributed by atoms with Crippen LogP contribution in [0, 0.1) is 0 Å². The van der Waals surface area contributed by atoms with Gasteiger partial charge >= 0.3 is 0 Å². The number of ether oxygens (including phenoxy) is 1. The second kappa shape index (κ2) is 4.95. The molecule has 0 fully saturated rings. The first kappa shape index (κ1) is 13.5. The average Bonchev–Trinajstić information content (AvgIpc) is 2.60. The summed E-state index contributed by atoms with van der Waals surface area (Å²) in [7, 11) is 1.56. The quantitative estimate of drug-likeness (QED) is 0.679. The van der Waals surface area contributed by atoms with E-state index in [0.717, 1.165) is 5.39 Å². The van der Waals surface area contributed by atoms with Crippen LogP contribution in [-0.2, 0) is 0 Å². The lowest BCUT2D eigenvalue weighted by Gasteiger charge is -2.27. The molecular weight excluding hydrogens is 290 g/mol. The van der Waals surface area contributed by atoms with Crippen molar-refractivity contribution in [2.45, 2.75) is 0 Å². The van der Waals surface area contributed by atoms with Gasteiger partial charge < -0.3 is 4.74 Å². The van der Waals surface area contributed by atoms with E-state index in [4.69, 9.17) is 4.74 Å². The van der Waals surface area contributed by atoms with Crippen LogP contribution in [0.4, 0.5) is 5.69 Å². The van der Waals surface area contributed by atoms with Crippen LogP contribution in [0.5, 0.6) is 5.75 Å². The Morgan fingerprint density at radius 1 is 0.826 bits per heavy atom. The summed E-state index contributed by atoms with van der Waals surface area (Å²) in [6, 6.07) is 17.9. The summed E-state index contributed by atoms with van der Waals surface area (Å²) in [6.07, 6.45) is 0. The highest BCUT2D eigenvalue weighted by Gasteiger charge is 2.34. The van der Waals surface area contributed by atoms with Gasteiger partial charge in [0.15, 0.2) is 0 Å². The Balaban J connectivity index is 2.02. The molecule has 0 unspecified atom stereocenters. The Morgan fingerprint density at radius 3 is 2.30 bits per heavy atom. The zero-order valence-corrected chi connectivity index (χ0v) is 12.4. The highest BCUT2D eigenvalue weighted by Crippen LogP contribution is 2.35. The molecule has 112 valence electrons. The van der Waals surface area contributed by atoms with E-state index >= 15 is 0 Å².